The van der Waals surface area contributed by atoms with Crippen molar-refractivity contribution in [3.63, 3.8) is 0 Å². The summed E-state index contributed by atoms with van der Waals surface area (Å²) in [4.78, 5) is 12.2. The lowest BCUT2D eigenvalue weighted by molar-refractivity contribution is -0.115. The van der Waals surface area contributed by atoms with Gasteiger partial charge in [0.2, 0.25) is 5.91 Å². The Balaban J connectivity index is 2.15. The van der Waals surface area contributed by atoms with Gasteiger partial charge in [0.15, 0.2) is 0 Å². The molecular weight excluding hydrogens is 248 g/mol. The molecule has 0 aliphatic heterocycles. The Morgan fingerprint density at radius 2 is 1.65 bits per heavy atom. The Bertz CT molecular complexity index is 624. The monoisotopic (exact) mass is 268 g/mol. The van der Waals surface area contributed by atoms with E-state index in [0.29, 0.717) is 6.42 Å². The lowest BCUT2D eigenvalue weighted by atomic mass is 10.0. The zero-order valence-electron chi connectivity index (χ0n) is 12.2. The van der Waals surface area contributed by atoms with Crippen LogP contribution in [0.1, 0.15) is 22.3 Å². The van der Waals surface area contributed by atoms with Gasteiger partial charge in [-0.1, -0.05) is 24.3 Å². The highest BCUT2D eigenvalue weighted by Crippen LogP contribution is 2.23. The number of benzene rings is 2. The van der Waals surface area contributed by atoms with Gasteiger partial charge in [-0.05, 0) is 55.2 Å². The number of anilines is 2. The van der Waals surface area contributed by atoms with Crippen molar-refractivity contribution in [3.05, 3.63) is 58.7 Å². The first-order valence-electron chi connectivity index (χ1n) is 6.68. The van der Waals surface area contributed by atoms with E-state index >= 15 is 0 Å². The molecule has 0 aromatic heterocycles. The van der Waals surface area contributed by atoms with Crippen LogP contribution < -0.4 is 11.1 Å². The molecule has 0 fully saturated rings. The van der Waals surface area contributed by atoms with E-state index in [1.807, 2.05) is 57.2 Å². The molecule has 2 aromatic carbocycles. The van der Waals surface area contributed by atoms with E-state index in [0.717, 1.165) is 33.6 Å². The van der Waals surface area contributed by atoms with Crippen molar-refractivity contribution in [3.8, 4) is 0 Å². The van der Waals surface area contributed by atoms with Crippen LogP contribution in [0.5, 0.6) is 0 Å². The van der Waals surface area contributed by atoms with Gasteiger partial charge in [0, 0.05) is 11.4 Å². The zero-order valence-corrected chi connectivity index (χ0v) is 12.2. The Labute approximate surface area is 119 Å². The molecule has 0 radical (unpaired) electrons. The van der Waals surface area contributed by atoms with Gasteiger partial charge in [0.05, 0.1) is 6.42 Å². The van der Waals surface area contributed by atoms with Crippen molar-refractivity contribution >= 4 is 17.3 Å². The average molecular weight is 268 g/mol. The van der Waals surface area contributed by atoms with E-state index in [1.165, 1.54) is 0 Å². The van der Waals surface area contributed by atoms with Gasteiger partial charge in [0.25, 0.3) is 0 Å². The van der Waals surface area contributed by atoms with Crippen molar-refractivity contribution in [2.24, 2.45) is 0 Å². The largest absolute Gasteiger partial charge is 0.399 e. The van der Waals surface area contributed by atoms with E-state index in [-0.39, 0.29) is 5.91 Å². The van der Waals surface area contributed by atoms with Gasteiger partial charge in [-0.3, -0.25) is 4.79 Å². The lowest BCUT2D eigenvalue weighted by Crippen LogP contribution is -2.16. The maximum atomic E-state index is 12.2. The smallest absolute Gasteiger partial charge is 0.228 e. The fourth-order valence-electron chi connectivity index (χ4n) is 2.36. The number of carbonyl (C=O) groups excluding carboxylic acids is 1. The Hall–Kier alpha value is -2.29. The van der Waals surface area contributed by atoms with Crippen molar-refractivity contribution in [2.75, 3.05) is 11.1 Å². The molecule has 2 aromatic rings. The minimum atomic E-state index is -0.00438. The molecule has 0 unspecified atom stereocenters. The second-order valence-electron chi connectivity index (χ2n) is 5.18. The molecule has 0 spiro atoms. The normalized spacial score (nSPS) is 10.3. The zero-order chi connectivity index (χ0) is 14.7. The molecule has 0 bridgehead atoms. The van der Waals surface area contributed by atoms with Crippen molar-refractivity contribution in [1.82, 2.24) is 0 Å². The Morgan fingerprint density at radius 1 is 1.05 bits per heavy atom. The predicted molar refractivity (Wildman–Crippen MR) is 83.8 cm³/mol. The maximum Gasteiger partial charge on any atom is 0.228 e. The van der Waals surface area contributed by atoms with Gasteiger partial charge in [0.1, 0.15) is 0 Å². The van der Waals surface area contributed by atoms with Crippen LogP contribution in [0.2, 0.25) is 0 Å². The molecule has 20 heavy (non-hydrogen) atoms. The molecule has 3 N–H and O–H groups in total. The van der Waals surface area contributed by atoms with Crippen LogP contribution in [0, 0.1) is 20.8 Å². The van der Waals surface area contributed by atoms with Gasteiger partial charge in [-0.15, -0.1) is 0 Å². The van der Waals surface area contributed by atoms with Crippen molar-refractivity contribution in [2.45, 2.75) is 27.2 Å². The molecule has 0 saturated heterocycles. The van der Waals surface area contributed by atoms with Crippen LogP contribution in [0.4, 0.5) is 11.4 Å². The molecule has 3 heteroatoms. The third kappa shape index (κ3) is 3.18. The highest BCUT2D eigenvalue weighted by Gasteiger charge is 2.10. The first kappa shape index (κ1) is 14.1. The molecular formula is C17H20N2O. The fraction of sp³-hybridized carbons (Fsp3) is 0.235. The summed E-state index contributed by atoms with van der Waals surface area (Å²) >= 11 is 0. The molecule has 0 heterocycles. The number of nitrogen functional groups attached to an aromatic ring is 1. The topological polar surface area (TPSA) is 55.1 Å². The Kier molecular flexibility index (Phi) is 4.08. The van der Waals surface area contributed by atoms with Crippen LogP contribution in [0.3, 0.4) is 0 Å². The number of hydrogen-bond donors (Lipinski definition) is 2. The van der Waals surface area contributed by atoms with E-state index in [2.05, 4.69) is 5.32 Å². The summed E-state index contributed by atoms with van der Waals surface area (Å²) in [5.74, 6) is -0.00438. The van der Waals surface area contributed by atoms with Gasteiger partial charge >= 0.3 is 0 Å². The second-order valence-corrected chi connectivity index (χ2v) is 5.18. The van der Waals surface area contributed by atoms with E-state index < -0.39 is 0 Å². The highest BCUT2D eigenvalue weighted by molar-refractivity contribution is 5.94. The molecule has 1 amide bonds. The maximum absolute atomic E-state index is 12.2. The van der Waals surface area contributed by atoms with Crippen LogP contribution >= 0.6 is 0 Å². The quantitative estimate of drug-likeness (QED) is 0.838. The summed E-state index contributed by atoms with van der Waals surface area (Å²) in [6.07, 6.45) is 0.385. The summed E-state index contributed by atoms with van der Waals surface area (Å²) in [5.41, 5.74) is 11.5. The van der Waals surface area contributed by atoms with E-state index in [1.54, 1.807) is 0 Å². The first-order chi connectivity index (χ1) is 9.47. The number of amides is 1. The number of rotatable bonds is 3. The number of carbonyl (C=O) groups is 1. The predicted octanol–water partition coefficient (Wildman–Crippen LogP) is 3.38. The van der Waals surface area contributed by atoms with Gasteiger partial charge in [-0.25, -0.2) is 0 Å². The third-order valence-corrected chi connectivity index (χ3v) is 3.43. The number of nitrogens with two attached hydrogens (primary N) is 1. The molecule has 104 valence electrons. The van der Waals surface area contributed by atoms with Crippen molar-refractivity contribution < 1.29 is 4.79 Å². The number of nitrogens with one attached hydrogen (secondary N) is 1. The summed E-state index contributed by atoms with van der Waals surface area (Å²) in [5, 5.41) is 2.99. The molecule has 0 saturated carbocycles. The summed E-state index contributed by atoms with van der Waals surface area (Å²) in [7, 11) is 0. The molecule has 2 rings (SSSR count). The van der Waals surface area contributed by atoms with E-state index in [9.17, 15) is 4.79 Å². The average Bonchev–Trinajstić information content (AvgIpc) is 2.36. The minimum absolute atomic E-state index is 0.00438. The Morgan fingerprint density at radius 3 is 2.25 bits per heavy atom. The summed E-state index contributed by atoms with van der Waals surface area (Å²) in [6.45, 7) is 5.92. The van der Waals surface area contributed by atoms with Crippen LogP contribution in [0.15, 0.2) is 36.4 Å². The number of aryl methyl sites for hydroxylation is 3. The second kappa shape index (κ2) is 5.78. The fourth-order valence-corrected chi connectivity index (χ4v) is 2.36. The van der Waals surface area contributed by atoms with Crippen molar-refractivity contribution in [1.29, 1.82) is 0 Å². The standard InChI is InChI=1S/C17H20N2O/c1-11-6-4-5-7-14(11)10-16(20)19-17-12(2)8-15(18)9-13(17)3/h4-9H,10,18H2,1-3H3,(H,19,20). The summed E-state index contributed by atoms with van der Waals surface area (Å²) in [6, 6.07) is 11.7. The van der Waals surface area contributed by atoms with Crippen LogP contribution in [0.25, 0.3) is 0 Å². The molecule has 0 aliphatic rings. The molecule has 3 nitrogen and oxygen atoms in total. The van der Waals surface area contributed by atoms with Crippen LogP contribution in [-0.4, -0.2) is 5.91 Å². The third-order valence-electron chi connectivity index (χ3n) is 3.43. The molecule has 0 aliphatic carbocycles. The summed E-state index contributed by atoms with van der Waals surface area (Å²) < 4.78 is 0. The van der Waals surface area contributed by atoms with E-state index in [4.69, 9.17) is 5.73 Å². The number of hydrogen-bond acceptors (Lipinski definition) is 2. The first-order valence-corrected chi connectivity index (χ1v) is 6.68. The highest BCUT2D eigenvalue weighted by atomic mass is 16.1. The SMILES string of the molecule is Cc1ccccc1CC(=O)Nc1c(C)cc(N)cc1C. The van der Waals surface area contributed by atoms with Gasteiger partial charge < -0.3 is 11.1 Å². The lowest BCUT2D eigenvalue weighted by Gasteiger charge is -2.13. The van der Waals surface area contributed by atoms with Gasteiger partial charge in [-0.2, -0.15) is 0 Å². The molecule has 0 atom stereocenters. The van der Waals surface area contributed by atoms with Crippen LogP contribution in [-0.2, 0) is 11.2 Å². The minimum Gasteiger partial charge on any atom is -0.399 e.